The first-order chi connectivity index (χ1) is 9.52. The van der Waals surface area contributed by atoms with Crippen molar-refractivity contribution in [3.05, 3.63) is 69.2 Å². The second-order valence-electron chi connectivity index (χ2n) is 4.65. The Balaban J connectivity index is 2.29. The average Bonchev–Trinajstić information content (AvgIpc) is 2.45. The van der Waals surface area contributed by atoms with E-state index < -0.39 is 17.7 Å². The van der Waals surface area contributed by atoms with Crippen LogP contribution < -0.4 is 11.3 Å². The van der Waals surface area contributed by atoms with Gasteiger partial charge in [0.1, 0.15) is 0 Å². The quantitative estimate of drug-likeness (QED) is 0.656. The lowest BCUT2D eigenvalue weighted by atomic mass is 9.98. The Bertz CT molecular complexity index is 600. The summed E-state index contributed by atoms with van der Waals surface area (Å²) in [5.41, 5.74) is 4.05. The maximum Gasteiger partial charge on any atom is 0.163 e. The molecule has 2 aromatic carbocycles. The van der Waals surface area contributed by atoms with Gasteiger partial charge in [-0.2, -0.15) is 0 Å². The first-order valence-electron chi connectivity index (χ1n) is 6.18. The zero-order valence-electron chi connectivity index (χ0n) is 11.0. The molecule has 0 radical (unpaired) electrons. The van der Waals surface area contributed by atoms with E-state index in [4.69, 9.17) is 5.84 Å². The Kier molecular flexibility index (Phi) is 4.86. The van der Waals surface area contributed by atoms with Crippen molar-refractivity contribution < 1.29 is 8.78 Å². The number of halogens is 3. The van der Waals surface area contributed by atoms with E-state index in [0.717, 1.165) is 10.0 Å². The van der Waals surface area contributed by atoms with E-state index in [-0.39, 0.29) is 11.1 Å². The first kappa shape index (κ1) is 15.1. The van der Waals surface area contributed by atoms with Crippen LogP contribution in [0.25, 0.3) is 0 Å². The van der Waals surface area contributed by atoms with Crippen molar-refractivity contribution in [1.29, 1.82) is 0 Å². The summed E-state index contributed by atoms with van der Waals surface area (Å²) in [5.74, 6) is 3.83. The lowest BCUT2D eigenvalue weighted by molar-refractivity contribution is 0.461. The molecule has 0 heterocycles. The minimum atomic E-state index is -0.843. The van der Waals surface area contributed by atoms with Crippen LogP contribution in [0.2, 0.25) is 0 Å². The molecule has 5 heteroatoms. The van der Waals surface area contributed by atoms with Gasteiger partial charge < -0.3 is 0 Å². The summed E-state index contributed by atoms with van der Waals surface area (Å²) in [6.45, 7) is 1.53. The first-order valence-corrected chi connectivity index (χ1v) is 6.97. The number of aryl methyl sites for hydroxylation is 1. The van der Waals surface area contributed by atoms with Crippen LogP contribution in [0.1, 0.15) is 22.7 Å². The van der Waals surface area contributed by atoms with E-state index in [1.54, 1.807) is 12.1 Å². The number of hydrazine groups is 1. The van der Waals surface area contributed by atoms with Crippen molar-refractivity contribution in [3.8, 4) is 0 Å². The number of hydrogen-bond acceptors (Lipinski definition) is 2. The molecule has 0 aliphatic rings. The Morgan fingerprint density at radius 1 is 1.10 bits per heavy atom. The topological polar surface area (TPSA) is 38.0 Å². The lowest BCUT2D eigenvalue weighted by Crippen LogP contribution is -2.30. The summed E-state index contributed by atoms with van der Waals surface area (Å²) < 4.78 is 28.6. The molecule has 1 unspecified atom stereocenters. The molecule has 1 atom stereocenters. The molecular formula is C15H15BrF2N2. The van der Waals surface area contributed by atoms with E-state index in [0.29, 0.717) is 6.42 Å². The van der Waals surface area contributed by atoms with E-state index in [1.165, 1.54) is 6.92 Å². The van der Waals surface area contributed by atoms with Gasteiger partial charge in [0.25, 0.3) is 0 Å². The van der Waals surface area contributed by atoms with E-state index in [2.05, 4.69) is 21.4 Å². The Morgan fingerprint density at radius 3 is 2.35 bits per heavy atom. The third kappa shape index (κ3) is 3.23. The molecule has 0 amide bonds. The zero-order chi connectivity index (χ0) is 14.7. The third-order valence-corrected chi connectivity index (χ3v) is 3.76. The van der Waals surface area contributed by atoms with Crippen molar-refractivity contribution in [3.63, 3.8) is 0 Å². The largest absolute Gasteiger partial charge is 0.271 e. The SMILES string of the molecule is Cc1ccc(C(Cc2ccc(Br)cc2)NN)c(F)c1F. The van der Waals surface area contributed by atoms with Crippen LogP contribution in [-0.4, -0.2) is 0 Å². The molecule has 2 nitrogen and oxygen atoms in total. The zero-order valence-corrected chi connectivity index (χ0v) is 12.5. The molecule has 2 aromatic rings. The van der Waals surface area contributed by atoms with Crippen LogP contribution >= 0.6 is 15.9 Å². The molecule has 0 saturated carbocycles. The number of rotatable bonds is 4. The van der Waals surface area contributed by atoms with E-state index in [9.17, 15) is 8.78 Å². The van der Waals surface area contributed by atoms with Crippen molar-refractivity contribution in [2.75, 3.05) is 0 Å². The normalized spacial score (nSPS) is 12.4. The van der Waals surface area contributed by atoms with Gasteiger partial charge in [0.15, 0.2) is 11.6 Å². The van der Waals surface area contributed by atoms with Crippen LogP contribution in [-0.2, 0) is 6.42 Å². The number of nitrogens with two attached hydrogens (primary N) is 1. The summed E-state index contributed by atoms with van der Waals surface area (Å²) in [6.07, 6.45) is 0.475. The Morgan fingerprint density at radius 2 is 1.75 bits per heavy atom. The van der Waals surface area contributed by atoms with Gasteiger partial charge in [-0.15, -0.1) is 0 Å². The van der Waals surface area contributed by atoms with Crippen LogP contribution in [0.3, 0.4) is 0 Å². The minimum Gasteiger partial charge on any atom is -0.271 e. The molecule has 20 heavy (non-hydrogen) atoms. The number of nitrogens with one attached hydrogen (secondary N) is 1. The fraction of sp³-hybridized carbons (Fsp3) is 0.200. The van der Waals surface area contributed by atoms with Crippen LogP contribution in [0.4, 0.5) is 8.78 Å². The maximum atomic E-state index is 14.0. The van der Waals surface area contributed by atoms with Gasteiger partial charge in [-0.1, -0.05) is 40.2 Å². The lowest BCUT2D eigenvalue weighted by Gasteiger charge is -2.18. The molecule has 0 bridgehead atoms. The summed E-state index contributed by atoms with van der Waals surface area (Å²) in [5, 5.41) is 0. The Labute approximate surface area is 125 Å². The molecule has 106 valence electrons. The van der Waals surface area contributed by atoms with Crippen LogP contribution in [0.15, 0.2) is 40.9 Å². The molecule has 0 fully saturated rings. The predicted octanol–water partition coefficient (Wildman–Crippen LogP) is 3.78. The number of hydrogen-bond donors (Lipinski definition) is 2. The van der Waals surface area contributed by atoms with E-state index in [1.807, 2.05) is 24.3 Å². The average molecular weight is 341 g/mol. The van der Waals surface area contributed by atoms with Crippen LogP contribution in [0.5, 0.6) is 0 Å². The smallest absolute Gasteiger partial charge is 0.163 e. The molecular weight excluding hydrogens is 326 g/mol. The Hall–Kier alpha value is -1.30. The van der Waals surface area contributed by atoms with Crippen molar-refractivity contribution in [2.45, 2.75) is 19.4 Å². The highest BCUT2D eigenvalue weighted by Gasteiger charge is 2.19. The minimum absolute atomic E-state index is 0.235. The summed E-state index contributed by atoms with van der Waals surface area (Å²) in [6, 6.07) is 10.3. The monoisotopic (exact) mass is 340 g/mol. The van der Waals surface area contributed by atoms with Gasteiger partial charge in [0.2, 0.25) is 0 Å². The molecule has 2 rings (SSSR count). The highest BCUT2D eigenvalue weighted by molar-refractivity contribution is 9.10. The fourth-order valence-electron chi connectivity index (χ4n) is 2.04. The third-order valence-electron chi connectivity index (χ3n) is 3.23. The van der Waals surface area contributed by atoms with Gasteiger partial charge in [-0.3, -0.25) is 11.3 Å². The van der Waals surface area contributed by atoms with Gasteiger partial charge in [-0.05, 0) is 36.6 Å². The van der Waals surface area contributed by atoms with Crippen molar-refractivity contribution >= 4 is 15.9 Å². The van der Waals surface area contributed by atoms with Crippen molar-refractivity contribution in [2.24, 2.45) is 5.84 Å². The molecule has 0 saturated heterocycles. The molecule has 3 N–H and O–H groups in total. The fourth-order valence-corrected chi connectivity index (χ4v) is 2.31. The molecule has 0 aliphatic heterocycles. The molecule has 0 aromatic heterocycles. The highest BCUT2D eigenvalue weighted by atomic mass is 79.9. The molecule has 0 aliphatic carbocycles. The van der Waals surface area contributed by atoms with Gasteiger partial charge in [0.05, 0.1) is 6.04 Å². The van der Waals surface area contributed by atoms with E-state index >= 15 is 0 Å². The summed E-state index contributed by atoms with van der Waals surface area (Å²) >= 11 is 3.35. The highest BCUT2D eigenvalue weighted by Crippen LogP contribution is 2.24. The molecule has 0 spiro atoms. The van der Waals surface area contributed by atoms with Gasteiger partial charge in [-0.25, -0.2) is 8.78 Å². The van der Waals surface area contributed by atoms with Gasteiger partial charge in [0, 0.05) is 10.0 Å². The standard InChI is InChI=1S/C15H15BrF2N2/c1-9-2-7-12(15(18)14(9)17)13(20-19)8-10-3-5-11(16)6-4-10/h2-7,13,20H,8,19H2,1H3. The van der Waals surface area contributed by atoms with Crippen molar-refractivity contribution in [1.82, 2.24) is 5.43 Å². The van der Waals surface area contributed by atoms with Crippen LogP contribution in [0, 0.1) is 18.6 Å². The predicted molar refractivity (Wildman–Crippen MR) is 79.0 cm³/mol. The summed E-state index contributed by atoms with van der Waals surface area (Å²) in [7, 11) is 0. The number of benzene rings is 2. The van der Waals surface area contributed by atoms with Gasteiger partial charge >= 0.3 is 0 Å². The second kappa shape index (κ2) is 6.43. The second-order valence-corrected chi connectivity index (χ2v) is 5.57. The maximum absolute atomic E-state index is 14.0. The summed E-state index contributed by atoms with van der Waals surface area (Å²) in [4.78, 5) is 0.